The lowest BCUT2D eigenvalue weighted by Crippen LogP contribution is -2.39. The molecule has 2 heterocycles. The number of carbonyl (C=O) groups excluding carboxylic acids is 1. The first-order valence-corrected chi connectivity index (χ1v) is 10.3. The molecule has 1 aliphatic heterocycles. The minimum absolute atomic E-state index is 0.0646. The van der Waals surface area contributed by atoms with E-state index in [4.69, 9.17) is 4.74 Å². The fourth-order valence-corrected chi connectivity index (χ4v) is 4.13. The highest BCUT2D eigenvalue weighted by molar-refractivity contribution is 5.79. The molecule has 2 aliphatic rings. The minimum Gasteiger partial charge on any atom is -0.376 e. The van der Waals surface area contributed by atoms with Crippen molar-refractivity contribution in [1.82, 2.24) is 15.0 Å². The van der Waals surface area contributed by atoms with Gasteiger partial charge in [0.25, 0.3) is 0 Å². The monoisotopic (exact) mass is 423 g/mol. The first kappa shape index (κ1) is 20.8. The molecule has 1 aliphatic carbocycles. The third-order valence-electron chi connectivity index (χ3n) is 5.72. The van der Waals surface area contributed by atoms with Crippen LogP contribution in [0.5, 0.6) is 0 Å². The number of alkyl halides is 3. The predicted octanol–water partition coefficient (Wildman–Crippen LogP) is 4.45. The van der Waals surface area contributed by atoms with Crippen LogP contribution in [-0.4, -0.2) is 40.2 Å². The van der Waals surface area contributed by atoms with Crippen LogP contribution in [0.3, 0.4) is 0 Å². The predicted molar refractivity (Wildman–Crippen MR) is 101 cm³/mol. The van der Waals surface area contributed by atoms with E-state index >= 15 is 0 Å². The summed E-state index contributed by atoms with van der Waals surface area (Å²) in [5, 5.41) is 3.41. The van der Waals surface area contributed by atoms with Gasteiger partial charge in [0.2, 0.25) is 11.7 Å². The number of aromatic nitrogens is 2. The Hall–Kier alpha value is -2.42. The number of hydrogen-bond donors (Lipinski definition) is 0. The Kier molecular flexibility index (Phi) is 6.08. The molecule has 0 spiro atoms. The molecule has 2 aromatic rings. The molecule has 1 saturated heterocycles. The molecule has 1 aromatic heterocycles. The number of benzene rings is 1. The van der Waals surface area contributed by atoms with E-state index in [-0.39, 0.29) is 23.8 Å². The van der Waals surface area contributed by atoms with Crippen molar-refractivity contribution in [2.75, 3.05) is 13.2 Å². The van der Waals surface area contributed by atoms with Gasteiger partial charge in [-0.15, -0.1) is 0 Å². The van der Waals surface area contributed by atoms with E-state index in [9.17, 15) is 18.0 Å². The van der Waals surface area contributed by atoms with Crippen LogP contribution in [0.25, 0.3) is 11.4 Å². The average molecular weight is 423 g/mol. The van der Waals surface area contributed by atoms with Gasteiger partial charge in [0.05, 0.1) is 6.10 Å². The zero-order valence-electron chi connectivity index (χ0n) is 16.5. The topological polar surface area (TPSA) is 68.5 Å². The van der Waals surface area contributed by atoms with Gasteiger partial charge in [-0.1, -0.05) is 42.3 Å². The average Bonchev–Trinajstić information content (AvgIpc) is 3.49. The van der Waals surface area contributed by atoms with E-state index in [2.05, 4.69) is 14.7 Å². The maximum atomic E-state index is 13.1. The second-order valence-corrected chi connectivity index (χ2v) is 7.95. The Morgan fingerprint density at radius 1 is 1.10 bits per heavy atom. The standard InChI is InChI=1S/C21H24F3N3O3/c22-21(23,24)20-25-18(26-30-20)15-9-7-14(8-10-15)12-27(13-17-6-3-11-29-17)19(28)16-4-1-2-5-16/h7-10,16-17H,1-6,11-13H2. The summed E-state index contributed by atoms with van der Waals surface area (Å²) in [4.78, 5) is 18.3. The summed E-state index contributed by atoms with van der Waals surface area (Å²) in [5.41, 5.74) is 1.31. The summed E-state index contributed by atoms with van der Waals surface area (Å²) in [5.74, 6) is -1.25. The molecule has 0 bridgehead atoms. The van der Waals surface area contributed by atoms with Gasteiger partial charge in [-0.05, 0) is 31.2 Å². The highest BCUT2D eigenvalue weighted by Crippen LogP contribution is 2.30. The lowest BCUT2D eigenvalue weighted by molar-refractivity contribution is -0.159. The van der Waals surface area contributed by atoms with Gasteiger partial charge in [0, 0.05) is 31.2 Å². The van der Waals surface area contributed by atoms with Gasteiger partial charge in [-0.3, -0.25) is 4.79 Å². The summed E-state index contributed by atoms with van der Waals surface area (Å²) >= 11 is 0. The fourth-order valence-electron chi connectivity index (χ4n) is 4.13. The fraction of sp³-hybridized carbons (Fsp3) is 0.571. The van der Waals surface area contributed by atoms with Crippen LogP contribution in [0.4, 0.5) is 13.2 Å². The van der Waals surface area contributed by atoms with E-state index in [1.807, 2.05) is 4.90 Å². The third-order valence-corrected chi connectivity index (χ3v) is 5.72. The molecule has 1 atom stereocenters. The Morgan fingerprint density at radius 3 is 2.43 bits per heavy atom. The van der Waals surface area contributed by atoms with Crippen molar-refractivity contribution < 1.29 is 27.2 Å². The Balaban J connectivity index is 1.46. The molecule has 4 rings (SSSR count). The van der Waals surface area contributed by atoms with E-state index in [0.717, 1.165) is 50.7 Å². The van der Waals surface area contributed by atoms with Crippen LogP contribution in [0.2, 0.25) is 0 Å². The van der Waals surface area contributed by atoms with Gasteiger partial charge < -0.3 is 14.2 Å². The lowest BCUT2D eigenvalue weighted by atomic mass is 10.0. The van der Waals surface area contributed by atoms with Crippen molar-refractivity contribution >= 4 is 5.91 Å². The second-order valence-electron chi connectivity index (χ2n) is 7.95. The molecular weight excluding hydrogens is 399 g/mol. The van der Waals surface area contributed by atoms with E-state index in [1.54, 1.807) is 24.3 Å². The molecule has 6 nitrogen and oxygen atoms in total. The molecule has 1 aromatic carbocycles. The smallest absolute Gasteiger partial charge is 0.376 e. The van der Waals surface area contributed by atoms with E-state index < -0.39 is 12.1 Å². The van der Waals surface area contributed by atoms with E-state index in [1.165, 1.54) is 0 Å². The number of hydrogen-bond acceptors (Lipinski definition) is 5. The molecule has 1 unspecified atom stereocenters. The molecule has 0 radical (unpaired) electrons. The number of rotatable bonds is 6. The second kappa shape index (κ2) is 8.75. The summed E-state index contributed by atoms with van der Waals surface area (Å²) in [6, 6.07) is 6.85. The maximum absolute atomic E-state index is 13.1. The van der Waals surface area contributed by atoms with Crippen LogP contribution in [-0.2, 0) is 22.3 Å². The number of nitrogens with zero attached hydrogens (tertiary/aromatic N) is 3. The first-order chi connectivity index (χ1) is 14.4. The largest absolute Gasteiger partial charge is 0.471 e. The van der Waals surface area contributed by atoms with Crippen molar-refractivity contribution in [3.63, 3.8) is 0 Å². The van der Waals surface area contributed by atoms with Gasteiger partial charge in [0.1, 0.15) is 0 Å². The van der Waals surface area contributed by atoms with E-state index in [0.29, 0.717) is 18.7 Å². The third kappa shape index (κ3) is 4.83. The number of amides is 1. The Bertz CT molecular complexity index is 854. The molecule has 9 heteroatoms. The van der Waals surface area contributed by atoms with Crippen molar-refractivity contribution in [2.45, 2.75) is 57.3 Å². The van der Waals surface area contributed by atoms with Gasteiger partial charge >= 0.3 is 12.1 Å². The van der Waals surface area contributed by atoms with Crippen molar-refractivity contribution in [3.8, 4) is 11.4 Å². The lowest BCUT2D eigenvalue weighted by Gasteiger charge is -2.28. The van der Waals surface area contributed by atoms with Gasteiger partial charge in [-0.25, -0.2) is 0 Å². The Morgan fingerprint density at radius 2 is 1.83 bits per heavy atom. The van der Waals surface area contributed by atoms with Crippen molar-refractivity contribution in [3.05, 3.63) is 35.7 Å². The molecule has 0 N–H and O–H groups in total. The van der Waals surface area contributed by atoms with Crippen LogP contribution in [0, 0.1) is 5.92 Å². The maximum Gasteiger partial charge on any atom is 0.471 e. The highest BCUT2D eigenvalue weighted by atomic mass is 19.4. The summed E-state index contributed by atoms with van der Waals surface area (Å²) < 4.78 is 48.0. The van der Waals surface area contributed by atoms with Crippen LogP contribution < -0.4 is 0 Å². The van der Waals surface area contributed by atoms with Crippen molar-refractivity contribution in [2.24, 2.45) is 5.92 Å². The summed E-state index contributed by atoms with van der Waals surface area (Å²) in [6.45, 7) is 1.74. The number of halogens is 3. The van der Waals surface area contributed by atoms with Gasteiger partial charge in [0.15, 0.2) is 0 Å². The number of carbonyl (C=O) groups is 1. The van der Waals surface area contributed by atoms with Crippen LogP contribution in [0.1, 0.15) is 50.0 Å². The Labute approximate surface area is 172 Å². The highest BCUT2D eigenvalue weighted by Gasteiger charge is 2.38. The first-order valence-electron chi connectivity index (χ1n) is 10.3. The zero-order chi connectivity index (χ0) is 21.1. The molecule has 30 heavy (non-hydrogen) atoms. The van der Waals surface area contributed by atoms with Crippen LogP contribution >= 0.6 is 0 Å². The zero-order valence-corrected chi connectivity index (χ0v) is 16.5. The molecule has 162 valence electrons. The SMILES string of the molecule is O=C(C1CCCC1)N(Cc1ccc(-c2noc(C(F)(F)F)n2)cc1)CC1CCCO1. The number of ether oxygens (including phenoxy) is 1. The summed E-state index contributed by atoms with van der Waals surface area (Å²) in [6.07, 6.45) is 1.39. The molecule has 1 saturated carbocycles. The van der Waals surface area contributed by atoms with Crippen molar-refractivity contribution in [1.29, 1.82) is 0 Å². The normalized spacial score (nSPS) is 20.0. The molecule has 2 fully saturated rings. The summed E-state index contributed by atoms with van der Waals surface area (Å²) in [7, 11) is 0. The van der Waals surface area contributed by atoms with Gasteiger partial charge in [-0.2, -0.15) is 18.2 Å². The van der Waals surface area contributed by atoms with Crippen LogP contribution in [0.15, 0.2) is 28.8 Å². The quantitative estimate of drug-likeness (QED) is 0.687. The molecule has 1 amide bonds. The minimum atomic E-state index is -4.67. The molecular formula is C21H24F3N3O3.